The highest BCUT2D eigenvalue weighted by Crippen LogP contribution is 2.37. The number of hydrogen-bond acceptors (Lipinski definition) is 5. The second kappa shape index (κ2) is 9.64. The second-order valence-electron chi connectivity index (χ2n) is 7.82. The average molecular weight is 424 g/mol. The van der Waals surface area contributed by atoms with Crippen LogP contribution < -0.4 is 9.47 Å². The molecule has 0 fully saturated rings. The number of hydrazone groups is 1. The van der Waals surface area contributed by atoms with E-state index in [1.165, 1.54) is 9.91 Å². The Hall–Kier alpha value is -3.35. The third-order valence-corrected chi connectivity index (χ3v) is 5.33. The minimum Gasteiger partial charge on any atom is -0.497 e. The second-order valence-corrected chi connectivity index (χ2v) is 7.82. The monoisotopic (exact) mass is 423 g/mol. The van der Waals surface area contributed by atoms with E-state index in [1.54, 1.807) is 21.3 Å². The first-order valence-corrected chi connectivity index (χ1v) is 10.3. The van der Waals surface area contributed by atoms with Crippen LogP contribution in [0.4, 0.5) is 0 Å². The van der Waals surface area contributed by atoms with Gasteiger partial charge in [-0.2, -0.15) is 5.10 Å². The molecule has 3 rings (SSSR count). The Bertz CT molecular complexity index is 969. The third-order valence-electron chi connectivity index (χ3n) is 5.33. The lowest BCUT2D eigenvalue weighted by Crippen LogP contribution is -2.40. The molecule has 1 aliphatic rings. The zero-order chi connectivity index (χ0) is 22.5. The van der Waals surface area contributed by atoms with Gasteiger partial charge in [0.1, 0.15) is 18.0 Å². The number of nitrogens with zero attached hydrogens (tertiary/aromatic N) is 3. The molecule has 2 aromatic rings. The number of ether oxygens (including phenoxy) is 2. The number of benzene rings is 2. The molecule has 1 atom stereocenters. The maximum atomic E-state index is 13.2. The van der Waals surface area contributed by atoms with Gasteiger partial charge in [0, 0.05) is 24.9 Å². The average Bonchev–Trinajstić information content (AvgIpc) is 3.23. The van der Waals surface area contributed by atoms with Crippen LogP contribution in [0.5, 0.6) is 11.5 Å². The number of rotatable bonds is 7. The molecule has 164 valence electrons. The van der Waals surface area contributed by atoms with Crippen molar-refractivity contribution < 1.29 is 19.1 Å². The van der Waals surface area contributed by atoms with E-state index in [2.05, 4.69) is 5.10 Å². The van der Waals surface area contributed by atoms with Gasteiger partial charge in [0.25, 0.3) is 5.91 Å². The molecule has 0 N–H and O–H groups in total. The van der Waals surface area contributed by atoms with Crippen LogP contribution in [0.1, 0.15) is 37.4 Å². The summed E-state index contributed by atoms with van der Waals surface area (Å²) < 4.78 is 10.8. The summed E-state index contributed by atoms with van der Waals surface area (Å²) in [5.74, 6) is 0.949. The highest BCUT2D eigenvalue weighted by molar-refractivity contribution is 6.03. The highest BCUT2D eigenvalue weighted by atomic mass is 16.5. The smallest absolute Gasteiger partial charge is 0.262 e. The van der Waals surface area contributed by atoms with Crippen LogP contribution in [0, 0.1) is 5.92 Å². The molecule has 0 saturated heterocycles. The molecule has 0 bridgehead atoms. The fourth-order valence-corrected chi connectivity index (χ4v) is 3.68. The normalized spacial score (nSPS) is 15.6. The van der Waals surface area contributed by atoms with Crippen LogP contribution in [0.25, 0.3) is 0 Å². The fourth-order valence-electron chi connectivity index (χ4n) is 3.68. The number of carbonyl (C=O) groups excluding carboxylic acids is 2. The summed E-state index contributed by atoms with van der Waals surface area (Å²) in [6.07, 6.45) is 0.542. The largest absolute Gasteiger partial charge is 0.497 e. The van der Waals surface area contributed by atoms with Crippen molar-refractivity contribution in [3.63, 3.8) is 0 Å². The van der Waals surface area contributed by atoms with Crippen LogP contribution in [-0.4, -0.2) is 55.2 Å². The zero-order valence-corrected chi connectivity index (χ0v) is 18.7. The van der Waals surface area contributed by atoms with E-state index >= 15 is 0 Å². The van der Waals surface area contributed by atoms with Gasteiger partial charge in [0.15, 0.2) is 0 Å². The van der Waals surface area contributed by atoms with Gasteiger partial charge < -0.3 is 14.4 Å². The number of para-hydroxylation sites is 1. The SMILES string of the molecule is COc1ccc(C2=NN(C(=O)CN(C)C(=O)C(C)C)[C@@H](c3ccccc3OC)C2)cc1. The summed E-state index contributed by atoms with van der Waals surface area (Å²) in [7, 11) is 4.87. The summed E-state index contributed by atoms with van der Waals surface area (Å²) in [4.78, 5) is 26.9. The van der Waals surface area contributed by atoms with Gasteiger partial charge in [-0.25, -0.2) is 5.01 Å². The molecule has 0 spiro atoms. The van der Waals surface area contributed by atoms with Crippen molar-refractivity contribution >= 4 is 17.5 Å². The number of hydrogen-bond donors (Lipinski definition) is 0. The van der Waals surface area contributed by atoms with Crippen LogP contribution in [-0.2, 0) is 9.59 Å². The lowest BCUT2D eigenvalue weighted by atomic mass is 9.97. The van der Waals surface area contributed by atoms with Gasteiger partial charge in [-0.1, -0.05) is 32.0 Å². The van der Waals surface area contributed by atoms with Crippen molar-refractivity contribution in [2.24, 2.45) is 11.0 Å². The molecule has 7 nitrogen and oxygen atoms in total. The van der Waals surface area contributed by atoms with Crippen molar-refractivity contribution in [1.29, 1.82) is 0 Å². The summed E-state index contributed by atoms with van der Waals surface area (Å²) >= 11 is 0. The summed E-state index contributed by atoms with van der Waals surface area (Å²) in [5.41, 5.74) is 2.59. The Morgan fingerprint density at radius 3 is 2.39 bits per heavy atom. The molecule has 1 aliphatic heterocycles. The van der Waals surface area contributed by atoms with Gasteiger partial charge in [0.2, 0.25) is 5.91 Å². The van der Waals surface area contributed by atoms with Crippen LogP contribution in [0.15, 0.2) is 53.6 Å². The van der Waals surface area contributed by atoms with Crippen LogP contribution >= 0.6 is 0 Å². The zero-order valence-electron chi connectivity index (χ0n) is 18.7. The Kier molecular flexibility index (Phi) is 6.95. The van der Waals surface area contributed by atoms with E-state index in [9.17, 15) is 9.59 Å². The number of methoxy groups -OCH3 is 2. The maximum Gasteiger partial charge on any atom is 0.262 e. The van der Waals surface area contributed by atoms with Gasteiger partial charge in [-0.05, 0) is 35.9 Å². The predicted octanol–water partition coefficient (Wildman–Crippen LogP) is 3.50. The minimum atomic E-state index is -0.316. The van der Waals surface area contributed by atoms with Crippen LogP contribution in [0.2, 0.25) is 0 Å². The van der Waals surface area contributed by atoms with Crippen molar-refractivity contribution in [2.45, 2.75) is 26.3 Å². The first-order valence-electron chi connectivity index (χ1n) is 10.3. The minimum absolute atomic E-state index is 0.0396. The van der Waals surface area contributed by atoms with E-state index in [0.29, 0.717) is 12.2 Å². The third kappa shape index (κ3) is 4.87. The number of likely N-dealkylation sites (N-methyl/N-ethyl adjacent to an activating group) is 1. The van der Waals surface area contributed by atoms with Crippen LogP contribution in [0.3, 0.4) is 0 Å². The van der Waals surface area contributed by atoms with E-state index in [1.807, 2.05) is 62.4 Å². The molecule has 2 aromatic carbocycles. The van der Waals surface area contributed by atoms with E-state index < -0.39 is 0 Å². The van der Waals surface area contributed by atoms with E-state index in [4.69, 9.17) is 9.47 Å². The quantitative estimate of drug-likeness (QED) is 0.683. The first kappa shape index (κ1) is 22.3. The van der Waals surface area contributed by atoms with Gasteiger partial charge >= 0.3 is 0 Å². The van der Waals surface area contributed by atoms with Gasteiger partial charge in [-0.15, -0.1) is 0 Å². The molecular weight excluding hydrogens is 394 g/mol. The molecule has 0 aromatic heterocycles. The molecule has 0 unspecified atom stereocenters. The fraction of sp³-hybridized carbons (Fsp3) is 0.375. The highest BCUT2D eigenvalue weighted by Gasteiger charge is 2.35. The van der Waals surface area contributed by atoms with Gasteiger partial charge in [-0.3, -0.25) is 9.59 Å². The topological polar surface area (TPSA) is 71.4 Å². The van der Waals surface area contributed by atoms with Crippen molar-refractivity contribution in [1.82, 2.24) is 9.91 Å². The Morgan fingerprint density at radius 1 is 1.10 bits per heavy atom. The Labute approximate surface area is 183 Å². The predicted molar refractivity (Wildman–Crippen MR) is 119 cm³/mol. The molecule has 2 amide bonds. The molecule has 1 heterocycles. The van der Waals surface area contributed by atoms with Gasteiger partial charge in [0.05, 0.1) is 26.0 Å². The molecular formula is C24H29N3O4. The number of amides is 2. The first-order chi connectivity index (χ1) is 14.8. The number of carbonyl (C=O) groups is 2. The van der Waals surface area contributed by atoms with Crippen molar-refractivity contribution in [2.75, 3.05) is 27.8 Å². The molecule has 31 heavy (non-hydrogen) atoms. The maximum absolute atomic E-state index is 13.2. The molecule has 0 aliphatic carbocycles. The van der Waals surface area contributed by atoms with Crippen molar-refractivity contribution in [3.8, 4) is 11.5 Å². The lowest BCUT2D eigenvalue weighted by molar-refractivity contribution is -0.142. The molecule has 7 heteroatoms. The summed E-state index contributed by atoms with van der Waals surface area (Å²) in [6, 6.07) is 14.9. The summed E-state index contributed by atoms with van der Waals surface area (Å²) in [6.45, 7) is 3.59. The Morgan fingerprint density at radius 2 is 1.77 bits per heavy atom. The van der Waals surface area contributed by atoms with E-state index in [-0.39, 0.29) is 30.3 Å². The Balaban J connectivity index is 1.93. The summed E-state index contributed by atoms with van der Waals surface area (Å²) in [5, 5.41) is 6.16. The molecule has 0 radical (unpaired) electrons. The molecule has 0 saturated carbocycles. The lowest BCUT2D eigenvalue weighted by Gasteiger charge is -2.26. The van der Waals surface area contributed by atoms with E-state index in [0.717, 1.165) is 22.6 Å². The van der Waals surface area contributed by atoms with Crippen molar-refractivity contribution in [3.05, 3.63) is 59.7 Å². The standard InChI is InChI=1S/C24H29N3O4/c1-16(2)24(29)26(3)15-23(28)27-21(19-8-6-7-9-22(19)31-5)14-20(25-27)17-10-12-18(30-4)13-11-17/h6-13,16,21H,14-15H2,1-5H3/t21-/m1/s1.